The van der Waals surface area contributed by atoms with Crippen molar-refractivity contribution in [1.29, 1.82) is 0 Å². The molecule has 3 amide bonds. The van der Waals surface area contributed by atoms with Gasteiger partial charge in [0.2, 0.25) is 11.8 Å². The Bertz CT molecular complexity index is 1280. The summed E-state index contributed by atoms with van der Waals surface area (Å²) in [6.45, 7) is 12.9. The van der Waals surface area contributed by atoms with Gasteiger partial charge in [-0.05, 0) is 30.7 Å². The van der Waals surface area contributed by atoms with Crippen LogP contribution in [-0.4, -0.2) is 90.2 Å². The number of morpholine rings is 1. The normalized spacial score (nSPS) is 20.5. The average Bonchev–Trinajstić information content (AvgIpc) is 3.57. The molecule has 1 aromatic heterocycles. The summed E-state index contributed by atoms with van der Waals surface area (Å²) in [6.07, 6.45) is 0.632. The first-order valence-corrected chi connectivity index (χ1v) is 15.3. The number of hydrogen-bond acceptors (Lipinski definition) is 9. The molecule has 0 aliphatic carbocycles. The SMILES string of the molecule is CC(C)C[C@H](NC(=O)[C@H](Cc1ccccc1)NC(=O)[C@@H](NC(=O)c1cc(CN2CCOCC2)on1)C(C)C)C(=O)[C@@]1(C)CO1. The molecule has 3 N–H and O–H groups in total. The first-order chi connectivity index (χ1) is 20.9. The van der Waals surface area contributed by atoms with Gasteiger partial charge in [-0.25, -0.2) is 0 Å². The zero-order valence-corrected chi connectivity index (χ0v) is 26.3. The Kier molecular flexibility index (Phi) is 11.3. The van der Waals surface area contributed by atoms with Crippen LogP contribution in [0.15, 0.2) is 40.9 Å². The molecule has 2 aromatic rings. The fourth-order valence-electron chi connectivity index (χ4n) is 5.14. The minimum absolute atomic E-state index is 0.0658. The van der Waals surface area contributed by atoms with Crippen LogP contribution in [0.2, 0.25) is 0 Å². The van der Waals surface area contributed by atoms with Crippen LogP contribution in [0, 0.1) is 11.8 Å². The quantitative estimate of drug-likeness (QED) is 0.256. The smallest absolute Gasteiger partial charge is 0.274 e. The Morgan fingerprint density at radius 3 is 2.23 bits per heavy atom. The number of rotatable bonds is 15. The molecule has 0 spiro atoms. The Labute approximate surface area is 258 Å². The molecular formula is C32H45N5O7. The van der Waals surface area contributed by atoms with Crippen molar-refractivity contribution in [2.45, 2.75) is 77.7 Å². The molecule has 2 saturated heterocycles. The highest BCUT2D eigenvalue weighted by Crippen LogP contribution is 2.29. The summed E-state index contributed by atoms with van der Waals surface area (Å²) in [5.41, 5.74) is -0.00452. The number of amides is 3. The Balaban J connectivity index is 1.45. The molecule has 0 radical (unpaired) electrons. The molecule has 0 bridgehead atoms. The molecule has 240 valence electrons. The van der Waals surface area contributed by atoms with Gasteiger partial charge in [-0.2, -0.15) is 0 Å². The maximum absolute atomic E-state index is 13.7. The van der Waals surface area contributed by atoms with Gasteiger partial charge >= 0.3 is 0 Å². The van der Waals surface area contributed by atoms with Crippen molar-refractivity contribution in [2.75, 3.05) is 32.9 Å². The van der Waals surface area contributed by atoms with Gasteiger partial charge in [0.1, 0.15) is 17.7 Å². The largest absolute Gasteiger partial charge is 0.379 e. The Morgan fingerprint density at radius 2 is 1.61 bits per heavy atom. The standard InChI is InChI=1S/C32H45N5O7/c1-20(2)15-24(28(38)32(5)19-43-32)33-29(39)25(16-22-9-7-6-8-10-22)34-31(41)27(21(3)4)35-30(40)26-17-23(44-36-26)18-37-11-13-42-14-12-37/h6-10,17,20-21,24-25,27H,11-16,18-19H2,1-5H3,(H,33,39)(H,34,41)(H,35,40)/t24-,25-,27-,32+/m0/s1. The molecule has 44 heavy (non-hydrogen) atoms. The molecule has 2 fully saturated rings. The summed E-state index contributed by atoms with van der Waals surface area (Å²) in [5.74, 6) is -1.37. The van der Waals surface area contributed by atoms with E-state index in [4.69, 9.17) is 14.0 Å². The Morgan fingerprint density at radius 1 is 0.955 bits per heavy atom. The number of nitrogens with zero attached hydrogens (tertiary/aromatic N) is 2. The van der Waals surface area contributed by atoms with E-state index in [1.165, 1.54) is 0 Å². The fourth-order valence-corrected chi connectivity index (χ4v) is 5.14. The van der Waals surface area contributed by atoms with E-state index in [9.17, 15) is 19.2 Å². The van der Waals surface area contributed by atoms with E-state index >= 15 is 0 Å². The molecule has 2 aliphatic rings. The highest BCUT2D eigenvalue weighted by Gasteiger charge is 2.50. The summed E-state index contributed by atoms with van der Waals surface area (Å²) >= 11 is 0. The number of hydrogen-bond donors (Lipinski definition) is 3. The molecular weight excluding hydrogens is 566 g/mol. The van der Waals surface area contributed by atoms with Gasteiger partial charge in [-0.1, -0.05) is 63.2 Å². The highest BCUT2D eigenvalue weighted by atomic mass is 16.6. The zero-order chi connectivity index (χ0) is 31.9. The van der Waals surface area contributed by atoms with Gasteiger partial charge in [0.15, 0.2) is 17.2 Å². The minimum atomic E-state index is -0.995. The molecule has 1 aromatic carbocycles. The predicted molar refractivity (Wildman–Crippen MR) is 162 cm³/mol. The van der Waals surface area contributed by atoms with Crippen molar-refractivity contribution in [3.05, 3.63) is 53.4 Å². The van der Waals surface area contributed by atoms with E-state index in [-0.39, 0.29) is 29.7 Å². The van der Waals surface area contributed by atoms with Crippen LogP contribution in [0.1, 0.15) is 62.9 Å². The van der Waals surface area contributed by atoms with E-state index in [0.29, 0.717) is 38.5 Å². The molecule has 3 heterocycles. The van der Waals surface area contributed by atoms with E-state index in [2.05, 4.69) is 26.0 Å². The number of ether oxygens (including phenoxy) is 2. The van der Waals surface area contributed by atoms with Crippen LogP contribution in [0.5, 0.6) is 0 Å². The highest BCUT2D eigenvalue weighted by molar-refractivity contribution is 5.99. The predicted octanol–water partition coefficient (Wildman–Crippen LogP) is 1.88. The number of benzene rings is 1. The molecule has 0 unspecified atom stereocenters. The minimum Gasteiger partial charge on any atom is -0.379 e. The van der Waals surface area contributed by atoms with E-state index in [1.807, 2.05) is 44.2 Å². The molecule has 0 saturated carbocycles. The third-order valence-electron chi connectivity index (χ3n) is 7.86. The summed E-state index contributed by atoms with van der Waals surface area (Å²) in [7, 11) is 0. The first-order valence-electron chi connectivity index (χ1n) is 15.3. The molecule has 12 heteroatoms. The lowest BCUT2D eigenvalue weighted by Gasteiger charge is -2.27. The molecule has 4 rings (SSSR count). The van der Waals surface area contributed by atoms with Gasteiger partial charge in [-0.3, -0.25) is 24.1 Å². The van der Waals surface area contributed by atoms with Crippen LogP contribution < -0.4 is 16.0 Å². The van der Waals surface area contributed by atoms with Crippen LogP contribution in [-0.2, 0) is 36.8 Å². The lowest BCUT2D eigenvalue weighted by molar-refractivity contribution is -0.133. The summed E-state index contributed by atoms with van der Waals surface area (Å²) in [5, 5.41) is 12.4. The lowest BCUT2D eigenvalue weighted by atomic mass is 9.93. The fraction of sp³-hybridized carbons (Fsp3) is 0.594. The number of nitrogens with one attached hydrogen (secondary N) is 3. The van der Waals surface area contributed by atoms with Gasteiger partial charge in [0, 0.05) is 25.6 Å². The lowest BCUT2D eigenvalue weighted by Crippen LogP contribution is -2.58. The molecule has 2 aliphatic heterocycles. The second kappa shape index (κ2) is 14.9. The second-order valence-electron chi connectivity index (χ2n) is 12.6. The zero-order valence-electron chi connectivity index (χ0n) is 26.3. The monoisotopic (exact) mass is 611 g/mol. The van der Waals surface area contributed by atoms with Gasteiger partial charge < -0.3 is 29.9 Å². The number of ketones is 1. The second-order valence-corrected chi connectivity index (χ2v) is 12.6. The van der Waals surface area contributed by atoms with Gasteiger partial charge in [-0.15, -0.1) is 0 Å². The van der Waals surface area contributed by atoms with Crippen LogP contribution in [0.3, 0.4) is 0 Å². The van der Waals surface area contributed by atoms with Crippen molar-refractivity contribution < 1.29 is 33.2 Å². The van der Waals surface area contributed by atoms with Crippen LogP contribution in [0.4, 0.5) is 0 Å². The summed E-state index contributed by atoms with van der Waals surface area (Å²) < 4.78 is 16.1. The number of aromatic nitrogens is 1. The van der Waals surface area contributed by atoms with Crippen LogP contribution in [0.25, 0.3) is 0 Å². The number of epoxide rings is 1. The van der Waals surface area contributed by atoms with E-state index < -0.39 is 41.4 Å². The molecule has 4 atom stereocenters. The first kappa shape index (κ1) is 33.3. The maximum atomic E-state index is 13.7. The van der Waals surface area contributed by atoms with Crippen LogP contribution >= 0.6 is 0 Å². The number of carbonyl (C=O) groups excluding carboxylic acids is 4. The number of carbonyl (C=O) groups is 4. The van der Waals surface area contributed by atoms with Crippen molar-refractivity contribution in [2.24, 2.45) is 11.8 Å². The van der Waals surface area contributed by atoms with Crippen molar-refractivity contribution in [3.8, 4) is 0 Å². The third kappa shape index (κ3) is 9.20. The van der Waals surface area contributed by atoms with Gasteiger partial charge in [0.05, 0.1) is 32.4 Å². The van der Waals surface area contributed by atoms with Crippen molar-refractivity contribution in [1.82, 2.24) is 26.0 Å². The van der Waals surface area contributed by atoms with E-state index in [0.717, 1.165) is 18.7 Å². The van der Waals surface area contributed by atoms with E-state index in [1.54, 1.807) is 26.8 Å². The summed E-state index contributed by atoms with van der Waals surface area (Å²) in [6, 6.07) is 8.16. The number of Topliss-reactive ketones (excluding diaryl/α,β-unsaturated/α-hetero) is 1. The molecule has 12 nitrogen and oxygen atoms in total. The van der Waals surface area contributed by atoms with Crippen molar-refractivity contribution in [3.63, 3.8) is 0 Å². The van der Waals surface area contributed by atoms with Gasteiger partial charge in [0.25, 0.3) is 5.91 Å². The topological polar surface area (TPSA) is 155 Å². The third-order valence-corrected chi connectivity index (χ3v) is 7.86. The summed E-state index contributed by atoms with van der Waals surface area (Å²) in [4.78, 5) is 55.8. The van der Waals surface area contributed by atoms with Crippen molar-refractivity contribution >= 4 is 23.5 Å². The maximum Gasteiger partial charge on any atom is 0.274 e. The Hall–Kier alpha value is -3.61. The average molecular weight is 612 g/mol.